The van der Waals surface area contributed by atoms with Crippen molar-refractivity contribution in [1.82, 2.24) is 19.5 Å². The maximum atomic E-state index is 12.9. The topological polar surface area (TPSA) is 79.0 Å². The van der Waals surface area contributed by atoms with Crippen LogP contribution in [0.4, 0.5) is 0 Å². The summed E-state index contributed by atoms with van der Waals surface area (Å²) in [7, 11) is -2.01. The molecule has 0 bridgehead atoms. The summed E-state index contributed by atoms with van der Waals surface area (Å²) in [4.78, 5) is 4.33. The van der Waals surface area contributed by atoms with Crippen LogP contribution in [0.1, 0.15) is 36.3 Å². The van der Waals surface area contributed by atoms with E-state index in [1.165, 1.54) is 4.31 Å². The van der Waals surface area contributed by atoms with Crippen LogP contribution in [-0.4, -0.2) is 35.0 Å². The molecule has 2 aromatic rings. The molecule has 2 aromatic heterocycles. The molecule has 0 amide bonds. The molecule has 0 aliphatic heterocycles. The zero-order valence-electron chi connectivity index (χ0n) is 12.7. The molecule has 6 nitrogen and oxygen atoms in total. The third-order valence-electron chi connectivity index (χ3n) is 3.59. The molecule has 0 aromatic carbocycles. The van der Waals surface area contributed by atoms with Gasteiger partial charge in [-0.2, -0.15) is 9.40 Å². The Balaban J connectivity index is 2.44. The lowest BCUT2D eigenvalue weighted by Crippen LogP contribution is -2.31. The molecule has 0 aliphatic rings. The summed E-state index contributed by atoms with van der Waals surface area (Å²) in [5.74, 6) is 0. The summed E-state index contributed by atoms with van der Waals surface area (Å²) >= 11 is 0. The molecule has 0 fully saturated rings. The predicted octanol–water partition coefficient (Wildman–Crippen LogP) is 2.19. The van der Waals surface area contributed by atoms with E-state index in [1.54, 1.807) is 33.3 Å². The van der Waals surface area contributed by atoms with Crippen molar-refractivity contribution >= 4 is 10.0 Å². The molecule has 114 valence electrons. The first-order valence-corrected chi connectivity index (χ1v) is 8.23. The first-order valence-electron chi connectivity index (χ1n) is 6.79. The van der Waals surface area contributed by atoms with Gasteiger partial charge in [0.05, 0.1) is 17.4 Å². The fraction of sp³-hybridized carbons (Fsp3) is 0.429. The molecular formula is C14H20N4O2S. The van der Waals surface area contributed by atoms with Gasteiger partial charge < -0.3 is 0 Å². The monoisotopic (exact) mass is 308 g/mol. The van der Waals surface area contributed by atoms with Gasteiger partial charge in [0.1, 0.15) is 4.90 Å². The predicted molar refractivity (Wildman–Crippen MR) is 80.3 cm³/mol. The summed E-state index contributed by atoms with van der Waals surface area (Å²) in [6.07, 6.45) is 4.04. The SMILES string of the molecule is CCC(c1cccnc1)N(C)S(=O)(=O)c1c(C)n[nH]c1C. The van der Waals surface area contributed by atoms with Crippen LogP contribution in [0.5, 0.6) is 0 Å². The molecule has 21 heavy (non-hydrogen) atoms. The second-order valence-corrected chi connectivity index (χ2v) is 6.93. The minimum Gasteiger partial charge on any atom is -0.281 e. The third kappa shape index (κ3) is 2.84. The summed E-state index contributed by atoms with van der Waals surface area (Å²) in [5.41, 5.74) is 1.92. The molecule has 7 heteroatoms. The summed E-state index contributed by atoms with van der Waals surface area (Å²) in [6.45, 7) is 5.36. The highest BCUT2D eigenvalue weighted by Gasteiger charge is 2.32. The highest BCUT2D eigenvalue weighted by Crippen LogP contribution is 2.30. The average Bonchev–Trinajstić information content (AvgIpc) is 2.80. The Morgan fingerprint density at radius 3 is 2.57 bits per heavy atom. The minimum absolute atomic E-state index is 0.252. The van der Waals surface area contributed by atoms with Crippen LogP contribution in [0.2, 0.25) is 0 Å². The number of H-pyrrole nitrogens is 1. The largest absolute Gasteiger partial charge is 0.281 e. The molecule has 0 aliphatic carbocycles. The molecule has 0 spiro atoms. The van der Waals surface area contributed by atoms with Crippen LogP contribution >= 0.6 is 0 Å². The maximum Gasteiger partial charge on any atom is 0.247 e. The van der Waals surface area contributed by atoms with Gasteiger partial charge in [0.2, 0.25) is 10.0 Å². The Labute approximate surface area is 125 Å². The number of hydrogen-bond acceptors (Lipinski definition) is 4. The van der Waals surface area contributed by atoms with Gasteiger partial charge >= 0.3 is 0 Å². The highest BCUT2D eigenvalue weighted by molar-refractivity contribution is 7.89. The Morgan fingerprint density at radius 1 is 1.38 bits per heavy atom. The van der Waals surface area contributed by atoms with Crippen molar-refractivity contribution in [1.29, 1.82) is 0 Å². The molecule has 0 radical (unpaired) electrons. The molecule has 0 saturated heterocycles. The lowest BCUT2D eigenvalue weighted by Gasteiger charge is -2.26. The smallest absolute Gasteiger partial charge is 0.247 e. The second kappa shape index (κ2) is 5.95. The lowest BCUT2D eigenvalue weighted by molar-refractivity contribution is 0.366. The van der Waals surface area contributed by atoms with Crippen LogP contribution in [-0.2, 0) is 10.0 Å². The van der Waals surface area contributed by atoms with Gasteiger partial charge in [-0.25, -0.2) is 8.42 Å². The Morgan fingerprint density at radius 2 is 2.10 bits per heavy atom. The summed E-state index contributed by atoms with van der Waals surface area (Å²) in [5, 5.41) is 6.71. The molecular weight excluding hydrogens is 288 g/mol. The molecule has 2 heterocycles. The van der Waals surface area contributed by atoms with E-state index >= 15 is 0 Å². The molecule has 2 rings (SSSR count). The molecule has 1 atom stereocenters. The Hall–Kier alpha value is -1.73. The number of pyridine rings is 1. The fourth-order valence-electron chi connectivity index (χ4n) is 2.51. The van der Waals surface area contributed by atoms with Crippen LogP contribution < -0.4 is 0 Å². The number of aromatic nitrogens is 3. The molecule has 1 unspecified atom stereocenters. The van der Waals surface area contributed by atoms with Crippen LogP contribution in [0.15, 0.2) is 29.4 Å². The van der Waals surface area contributed by atoms with Crippen LogP contribution in [0, 0.1) is 13.8 Å². The number of nitrogens with zero attached hydrogens (tertiary/aromatic N) is 3. The number of sulfonamides is 1. The zero-order chi connectivity index (χ0) is 15.6. The third-order valence-corrected chi connectivity index (χ3v) is 5.72. The molecule has 1 N–H and O–H groups in total. The van der Waals surface area contributed by atoms with E-state index in [0.29, 0.717) is 17.8 Å². The average molecular weight is 308 g/mol. The Bertz CT molecular complexity index is 690. The van der Waals surface area contributed by atoms with Crippen molar-refractivity contribution in [2.45, 2.75) is 38.1 Å². The van der Waals surface area contributed by atoms with Gasteiger partial charge in [0.15, 0.2) is 0 Å². The van der Waals surface area contributed by atoms with Crippen molar-refractivity contribution in [2.75, 3.05) is 7.05 Å². The van der Waals surface area contributed by atoms with E-state index in [9.17, 15) is 8.42 Å². The van der Waals surface area contributed by atoms with E-state index in [0.717, 1.165) is 5.56 Å². The van der Waals surface area contributed by atoms with E-state index in [2.05, 4.69) is 15.2 Å². The number of aryl methyl sites for hydroxylation is 2. The first-order chi connectivity index (χ1) is 9.89. The number of rotatable bonds is 5. The quantitative estimate of drug-likeness (QED) is 0.918. The van der Waals surface area contributed by atoms with E-state index in [1.807, 2.05) is 19.1 Å². The van der Waals surface area contributed by atoms with Crippen molar-refractivity contribution < 1.29 is 8.42 Å². The van der Waals surface area contributed by atoms with E-state index < -0.39 is 10.0 Å². The normalized spacial score (nSPS) is 13.6. The highest BCUT2D eigenvalue weighted by atomic mass is 32.2. The van der Waals surface area contributed by atoms with Gasteiger partial charge in [-0.1, -0.05) is 13.0 Å². The summed E-state index contributed by atoms with van der Waals surface area (Å²) < 4.78 is 27.1. The van der Waals surface area contributed by atoms with Crippen molar-refractivity contribution in [2.24, 2.45) is 0 Å². The first kappa shape index (κ1) is 15.7. The lowest BCUT2D eigenvalue weighted by atomic mass is 10.1. The van der Waals surface area contributed by atoms with Gasteiger partial charge in [0, 0.05) is 19.4 Å². The maximum absolute atomic E-state index is 12.9. The van der Waals surface area contributed by atoms with E-state index in [-0.39, 0.29) is 10.9 Å². The van der Waals surface area contributed by atoms with Crippen molar-refractivity contribution in [3.8, 4) is 0 Å². The Kier molecular flexibility index (Phi) is 4.43. The second-order valence-electron chi connectivity index (χ2n) is 4.99. The van der Waals surface area contributed by atoms with Gasteiger partial charge in [-0.05, 0) is 31.9 Å². The number of aromatic amines is 1. The van der Waals surface area contributed by atoms with Gasteiger partial charge in [-0.15, -0.1) is 0 Å². The number of hydrogen-bond donors (Lipinski definition) is 1. The fourth-order valence-corrected chi connectivity index (χ4v) is 4.25. The summed E-state index contributed by atoms with van der Waals surface area (Å²) in [6, 6.07) is 3.45. The van der Waals surface area contributed by atoms with Crippen LogP contribution in [0.3, 0.4) is 0 Å². The van der Waals surface area contributed by atoms with Gasteiger partial charge in [0.25, 0.3) is 0 Å². The van der Waals surface area contributed by atoms with Gasteiger partial charge in [-0.3, -0.25) is 10.1 Å². The standard InChI is InChI=1S/C14H20N4O2S/c1-5-13(12-7-6-8-15-9-12)18(4)21(19,20)14-10(2)16-17-11(14)3/h6-9,13H,5H2,1-4H3,(H,16,17). The number of nitrogens with one attached hydrogen (secondary N) is 1. The zero-order valence-corrected chi connectivity index (χ0v) is 13.5. The van der Waals surface area contributed by atoms with Crippen molar-refractivity contribution in [3.05, 3.63) is 41.5 Å². The minimum atomic E-state index is -3.60. The van der Waals surface area contributed by atoms with Crippen LogP contribution in [0.25, 0.3) is 0 Å². The molecule has 0 saturated carbocycles. The van der Waals surface area contributed by atoms with E-state index in [4.69, 9.17) is 0 Å². The van der Waals surface area contributed by atoms with Crippen molar-refractivity contribution in [3.63, 3.8) is 0 Å².